The van der Waals surface area contributed by atoms with Gasteiger partial charge in [0, 0.05) is 30.9 Å². The summed E-state index contributed by atoms with van der Waals surface area (Å²) < 4.78 is 43.5. The third-order valence-electron chi connectivity index (χ3n) is 6.92. The summed E-state index contributed by atoms with van der Waals surface area (Å²) in [5.41, 5.74) is 5.50. The molecule has 4 aromatic rings. The molecule has 3 heterocycles. The van der Waals surface area contributed by atoms with Crippen molar-refractivity contribution >= 4 is 5.69 Å². The Hall–Kier alpha value is -3.55. The molecule has 0 atom stereocenters. The van der Waals surface area contributed by atoms with Gasteiger partial charge in [0.05, 0.1) is 23.3 Å². The van der Waals surface area contributed by atoms with Crippen LogP contribution in [0.25, 0.3) is 17.1 Å². The smallest absolute Gasteiger partial charge is 0.364 e. The van der Waals surface area contributed by atoms with Gasteiger partial charge in [-0.1, -0.05) is 56.3 Å². The minimum absolute atomic E-state index is 0.137. The summed E-state index contributed by atoms with van der Waals surface area (Å²) in [6.45, 7) is 9.72. The third-order valence-corrected chi connectivity index (χ3v) is 6.92. The molecule has 0 amide bonds. The van der Waals surface area contributed by atoms with Gasteiger partial charge in [-0.05, 0) is 49.8 Å². The molecule has 2 aromatic carbocycles. The minimum atomic E-state index is -4.47. The van der Waals surface area contributed by atoms with Crippen LogP contribution >= 0.6 is 0 Å². The average Bonchev–Trinajstić information content (AvgIpc) is 3.50. The molecule has 5 rings (SSSR count). The molecule has 2 aromatic heterocycles. The van der Waals surface area contributed by atoms with Gasteiger partial charge in [-0.3, -0.25) is 0 Å². The molecular weight excluding hydrogens is 475 g/mol. The minimum Gasteiger partial charge on any atom is -0.364 e. The number of aromatic nitrogens is 4. The molecule has 0 unspecified atom stereocenters. The summed E-state index contributed by atoms with van der Waals surface area (Å²) in [4.78, 5) is 6.25. The Labute approximate surface area is 215 Å². The molecule has 37 heavy (non-hydrogen) atoms. The number of halogens is 3. The van der Waals surface area contributed by atoms with Gasteiger partial charge >= 0.3 is 6.18 Å². The van der Waals surface area contributed by atoms with Crippen molar-refractivity contribution in [2.75, 3.05) is 11.4 Å². The first-order valence-corrected chi connectivity index (χ1v) is 12.8. The molecule has 1 aliphatic heterocycles. The topological polar surface area (TPSA) is 38.9 Å². The second kappa shape index (κ2) is 9.72. The average molecular weight is 508 g/mol. The number of nitrogens with zero attached hydrogens (tertiary/aromatic N) is 5. The lowest BCUT2D eigenvalue weighted by atomic mass is 10.0. The fourth-order valence-corrected chi connectivity index (χ4v) is 4.99. The van der Waals surface area contributed by atoms with E-state index in [9.17, 15) is 13.2 Å². The standard InChI is InChI=1S/C29H32F3N5/c1-19(2)23-8-5-6-10-25(23)37-17-26-24(34-37)9-7-15-35(26)16-21-11-13-22(14-12-21)28-33-27(29(30,31)32)18-36(28)20(3)4/h5-6,8,10-14,17-20H,7,9,15-16H2,1-4H3. The fraction of sp³-hybridized carbons (Fsp3) is 0.379. The summed E-state index contributed by atoms with van der Waals surface area (Å²) in [5.74, 6) is 0.727. The van der Waals surface area contributed by atoms with Gasteiger partial charge in [0.25, 0.3) is 0 Å². The Bertz CT molecular complexity index is 1380. The van der Waals surface area contributed by atoms with Crippen LogP contribution in [0, 0.1) is 0 Å². The Kier molecular flexibility index (Phi) is 6.60. The number of para-hydroxylation sites is 1. The van der Waals surface area contributed by atoms with Crippen molar-refractivity contribution in [3.63, 3.8) is 0 Å². The van der Waals surface area contributed by atoms with Crippen molar-refractivity contribution in [2.24, 2.45) is 0 Å². The first-order chi connectivity index (χ1) is 17.6. The fourth-order valence-electron chi connectivity index (χ4n) is 4.99. The number of aryl methyl sites for hydroxylation is 1. The molecule has 0 bridgehead atoms. The number of rotatable bonds is 6. The van der Waals surface area contributed by atoms with Gasteiger partial charge in [-0.15, -0.1) is 0 Å². The van der Waals surface area contributed by atoms with Crippen LogP contribution in [-0.2, 0) is 19.1 Å². The van der Waals surface area contributed by atoms with E-state index in [-0.39, 0.29) is 6.04 Å². The largest absolute Gasteiger partial charge is 0.434 e. The monoisotopic (exact) mass is 507 g/mol. The maximum atomic E-state index is 13.3. The Morgan fingerprint density at radius 1 is 0.919 bits per heavy atom. The zero-order valence-corrected chi connectivity index (χ0v) is 21.6. The van der Waals surface area contributed by atoms with E-state index in [1.165, 1.54) is 5.56 Å². The van der Waals surface area contributed by atoms with E-state index in [0.29, 0.717) is 23.9 Å². The summed E-state index contributed by atoms with van der Waals surface area (Å²) >= 11 is 0. The Morgan fingerprint density at radius 2 is 1.65 bits per heavy atom. The molecule has 8 heteroatoms. The molecule has 0 saturated carbocycles. The number of hydrogen-bond donors (Lipinski definition) is 0. The van der Waals surface area contributed by atoms with E-state index in [1.54, 1.807) is 4.57 Å². The summed E-state index contributed by atoms with van der Waals surface area (Å²) in [7, 11) is 0. The zero-order valence-electron chi connectivity index (χ0n) is 21.6. The summed E-state index contributed by atoms with van der Waals surface area (Å²) in [5, 5.41) is 4.93. The third kappa shape index (κ3) is 5.02. The quantitative estimate of drug-likeness (QED) is 0.273. The lowest BCUT2D eigenvalue weighted by Crippen LogP contribution is -2.28. The van der Waals surface area contributed by atoms with Crippen molar-refractivity contribution in [2.45, 2.75) is 65.2 Å². The number of benzene rings is 2. The molecule has 5 nitrogen and oxygen atoms in total. The van der Waals surface area contributed by atoms with Crippen LogP contribution in [0.15, 0.2) is 60.9 Å². The van der Waals surface area contributed by atoms with E-state index < -0.39 is 11.9 Å². The van der Waals surface area contributed by atoms with Crippen LogP contribution in [0.4, 0.5) is 18.9 Å². The summed E-state index contributed by atoms with van der Waals surface area (Å²) in [6.07, 6.45) is 0.725. The van der Waals surface area contributed by atoms with Gasteiger partial charge in [-0.2, -0.15) is 18.3 Å². The number of imidazole rings is 1. The highest BCUT2D eigenvalue weighted by Gasteiger charge is 2.35. The van der Waals surface area contributed by atoms with Gasteiger partial charge in [0.1, 0.15) is 5.82 Å². The molecule has 194 valence electrons. The van der Waals surface area contributed by atoms with Crippen LogP contribution < -0.4 is 4.90 Å². The highest BCUT2D eigenvalue weighted by molar-refractivity contribution is 5.58. The van der Waals surface area contributed by atoms with E-state index in [2.05, 4.69) is 48.1 Å². The Balaban J connectivity index is 1.40. The molecule has 0 fully saturated rings. The van der Waals surface area contributed by atoms with Crippen LogP contribution in [0.3, 0.4) is 0 Å². The number of fused-ring (bicyclic) bond motifs is 1. The molecule has 0 N–H and O–H groups in total. The normalized spacial score (nSPS) is 14.0. The maximum Gasteiger partial charge on any atom is 0.434 e. The van der Waals surface area contributed by atoms with Crippen molar-refractivity contribution < 1.29 is 13.2 Å². The van der Waals surface area contributed by atoms with Gasteiger partial charge in [0.15, 0.2) is 5.69 Å². The Morgan fingerprint density at radius 3 is 2.32 bits per heavy atom. The molecule has 0 aliphatic carbocycles. The van der Waals surface area contributed by atoms with E-state index in [0.717, 1.165) is 48.2 Å². The lowest BCUT2D eigenvalue weighted by molar-refractivity contribution is -0.140. The number of hydrogen-bond acceptors (Lipinski definition) is 3. The molecule has 0 saturated heterocycles. The molecule has 1 aliphatic rings. The molecule has 0 radical (unpaired) electrons. The second-order valence-electron chi connectivity index (χ2n) is 10.3. The highest BCUT2D eigenvalue weighted by Crippen LogP contribution is 2.34. The van der Waals surface area contributed by atoms with Crippen molar-refractivity contribution in [3.8, 4) is 17.1 Å². The lowest BCUT2D eigenvalue weighted by Gasteiger charge is -2.28. The van der Waals surface area contributed by atoms with Crippen molar-refractivity contribution in [1.29, 1.82) is 0 Å². The van der Waals surface area contributed by atoms with Gasteiger partial charge in [-0.25, -0.2) is 9.67 Å². The van der Waals surface area contributed by atoms with Crippen molar-refractivity contribution in [1.82, 2.24) is 19.3 Å². The highest BCUT2D eigenvalue weighted by atomic mass is 19.4. The number of anilines is 1. The van der Waals surface area contributed by atoms with E-state index in [4.69, 9.17) is 5.10 Å². The SMILES string of the molecule is CC(C)c1ccccc1-n1cc2c(n1)CCCN2Cc1ccc(-c2nc(C(F)(F)F)cn2C(C)C)cc1. The zero-order chi connectivity index (χ0) is 26.3. The van der Waals surface area contributed by atoms with Gasteiger partial charge < -0.3 is 9.47 Å². The first-order valence-electron chi connectivity index (χ1n) is 12.8. The van der Waals surface area contributed by atoms with Crippen LogP contribution in [0.1, 0.15) is 68.6 Å². The maximum absolute atomic E-state index is 13.3. The number of alkyl halides is 3. The molecular formula is C29H32F3N5. The second-order valence-corrected chi connectivity index (χ2v) is 10.3. The van der Waals surface area contributed by atoms with Crippen molar-refractivity contribution in [3.05, 3.63) is 83.4 Å². The van der Waals surface area contributed by atoms with Gasteiger partial charge in [0.2, 0.25) is 0 Å². The summed E-state index contributed by atoms with van der Waals surface area (Å²) in [6, 6.07) is 15.9. The predicted molar refractivity (Wildman–Crippen MR) is 140 cm³/mol. The van der Waals surface area contributed by atoms with Crippen LogP contribution in [0.5, 0.6) is 0 Å². The molecule has 0 spiro atoms. The van der Waals surface area contributed by atoms with Crippen LogP contribution in [0.2, 0.25) is 0 Å². The van der Waals surface area contributed by atoms with E-state index >= 15 is 0 Å². The first kappa shape index (κ1) is 25.1. The predicted octanol–water partition coefficient (Wildman–Crippen LogP) is 7.41. The van der Waals surface area contributed by atoms with Crippen LogP contribution in [-0.4, -0.2) is 25.9 Å². The van der Waals surface area contributed by atoms with E-state index in [1.807, 2.05) is 48.9 Å².